The maximum absolute atomic E-state index is 11.9. The van der Waals surface area contributed by atoms with Crippen molar-refractivity contribution in [2.24, 2.45) is 0 Å². The van der Waals surface area contributed by atoms with E-state index in [4.69, 9.17) is 4.74 Å². The number of hydrogen-bond donors (Lipinski definition) is 1. The van der Waals surface area contributed by atoms with Crippen molar-refractivity contribution < 1.29 is 14.3 Å². The predicted molar refractivity (Wildman–Crippen MR) is 74.2 cm³/mol. The highest BCUT2D eigenvalue weighted by Crippen LogP contribution is 2.08. The zero-order chi connectivity index (χ0) is 14.5. The van der Waals surface area contributed by atoms with E-state index in [0.29, 0.717) is 5.56 Å². The van der Waals surface area contributed by atoms with Crippen LogP contribution in [-0.2, 0) is 4.74 Å². The summed E-state index contributed by atoms with van der Waals surface area (Å²) >= 11 is 0. The monoisotopic (exact) mass is 263 g/mol. The SMILES string of the molecule is CC(CC(=O)c1ccccc1)NC(=O)OC(C)(C)C. The average Bonchev–Trinajstić information content (AvgIpc) is 2.27. The largest absolute Gasteiger partial charge is 0.444 e. The van der Waals surface area contributed by atoms with Crippen LogP contribution in [0.15, 0.2) is 30.3 Å². The van der Waals surface area contributed by atoms with Crippen molar-refractivity contribution in [3.8, 4) is 0 Å². The van der Waals surface area contributed by atoms with E-state index in [9.17, 15) is 9.59 Å². The van der Waals surface area contributed by atoms with E-state index in [1.54, 1.807) is 39.8 Å². The van der Waals surface area contributed by atoms with Crippen molar-refractivity contribution in [2.45, 2.75) is 45.8 Å². The molecule has 0 heterocycles. The van der Waals surface area contributed by atoms with Crippen LogP contribution in [0.4, 0.5) is 4.79 Å². The normalized spacial score (nSPS) is 12.6. The molecule has 0 aliphatic rings. The Bertz CT molecular complexity index is 434. The van der Waals surface area contributed by atoms with Crippen molar-refractivity contribution in [3.05, 3.63) is 35.9 Å². The topological polar surface area (TPSA) is 55.4 Å². The van der Waals surface area contributed by atoms with Gasteiger partial charge in [0.2, 0.25) is 0 Å². The van der Waals surface area contributed by atoms with Gasteiger partial charge in [-0.3, -0.25) is 4.79 Å². The summed E-state index contributed by atoms with van der Waals surface area (Å²) in [4.78, 5) is 23.5. The summed E-state index contributed by atoms with van der Waals surface area (Å²) in [5, 5.41) is 2.66. The third kappa shape index (κ3) is 6.04. The van der Waals surface area contributed by atoms with E-state index < -0.39 is 11.7 Å². The van der Waals surface area contributed by atoms with E-state index in [-0.39, 0.29) is 18.2 Å². The third-order valence-corrected chi connectivity index (χ3v) is 2.35. The van der Waals surface area contributed by atoms with Gasteiger partial charge in [-0.15, -0.1) is 0 Å². The van der Waals surface area contributed by atoms with Crippen molar-refractivity contribution in [1.82, 2.24) is 5.32 Å². The van der Waals surface area contributed by atoms with Gasteiger partial charge in [-0.05, 0) is 27.7 Å². The molecular weight excluding hydrogens is 242 g/mol. The molecule has 1 rings (SSSR count). The summed E-state index contributed by atoms with van der Waals surface area (Å²) < 4.78 is 5.13. The van der Waals surface area contributed by atoms with Crippen molar-refractivity contribution in [3.63, 3.8) is 0 Å². The Balaban J connectivity index is 2.45. The molecule has 1 N–H and O–H groups in total. The fourth-order valence-corrected chi connectivity index (χ4v) is 1.58. The number of alkyl carbamates (subject to hydrolysis) is 1. The molecule has 0 fully saturated rings. The van der Waals surface area contributed by atoms with Crippen LogP contribution in [0.25, 0.3) is 0 Å². The van der Waals surface area contributed by atoms with Crippen molar-refractivity contribution in [2.75, 3.05) is 0 Å². The lowest BCUT2D eigenvalue weighted by Gasteiger charge is -2.21. The molecule has 0 aromatic heterocycles. The van der Waals surface area contributed by atoms with Gasteiger partial charge in [-0.2, -0.15) is 0 Å². The Labute approximate surface area is 114 Å². The number of Topliss-reactive ketones (excluding diaryl/α,β-unsaturated/α-hetero) is 1. The highest BCUT2D eigenvalue weighted by atomic mass is 16.6. The maximum Gasteiger partial charge on any atom is 0.407 e. The molecule has 0 radical (unpaired) electrons. The van der Waals surface area contributed by atoms with Crippen molar-refractivity contribution in [1.29, 1.82) is 0 Å². The summed E-state index contributed by atoms with van der Waals surface area (Å²) in [7, 11) is 0. The Hall–Kier alpha value is -1.84. The second-order valence-corrected chi connectivity index (χ2v) is 5.54. The van der Waals surface area contributed by atoms with Crippen LogP contribution in [0.2, 0.25) is 0 Å². The van der Waals surface area contributed by atoms with E-state index in [1.807, 2.05) is 18.2 Å². The molecule has 1 aromatic rings. The van der Waals surface area contributed by atoms with Gasteiger partial charge in [0.25, 0.3) is 0 Å². The lowest BCUT2D eigenvalue weighted by molar-refractivity contribution is 0.0506. The number of carbonyl (C=O) groups excluding carboxylic acids is 2. The van der Waals surface area contributed by atoms with Gasteiger partial charge in [0.05, 0.1) is 0 Å². The zero-order valence-electron chi connectivity index (χ0n) is 11.9. The molecule has 0 aliphatic carbocycles. The molecule has 0 spiro atoms. The Morgan fingerprint density at radius 2 is 1.79 bits per heavy atom. The number of carbonyl (C=O) groups is 2. The molecule has 4 heteroatoms. The van der Waals surface area contributed by atoms with Crippen LogP contribution >= 0.6 is 0 Å². The molecule has 1 unspecified atom stereocenters. The average molecular weight is 263 g/mol. The molecular formula is C15H21NO3. The minimum Gasteiger partial charge on any atom is -0.444 e. The summed E-state index contributed by atoms with van der Waals surface area (Å²) in [6, 6.07) is 8.77. The number of benzene rings is 1. The molecule has 0 bridgehead atoms. The van der Waals surface area contributed by atoms with Gasteiger partial charge >= 0.3 is 6.09 Å². The van der Waals surface area contributed by atoms with Crippen LogP contribution in [0.3, 0.4) is 0 Å². The minimum atomic E-state index is -0.534. The van der Waals surface area contributed by atoms with Crippen LogP contribution in [0.1, 0.15) is 44.5 Å². The number of rotatable bonds is 4. The summed E-state index contributed by atoms with van der Waals surface area (Å²) in [5.74, 6) is 0.00385. The maximum atomic E-state index is 11.9. The molecule has 104 valence electrons. The summed E-state index contributed by atoms with van der Waals surface area (Å²) in [6.07, 6.45) is -0.246. The molecule has 4 nitrogen and oxygen atoms in total. The molecule has 1 amide bonds. The van der Waals surface area contributed by atoms with Crippen molar-refractivity contribution >= 4 is 11.9 Å². The quantitative estimate of drug-likeness (QED) is 0.849. The van der Waals surface area contributed by atoms with Crippen LogP contribution < -0.4 is 5.32 Å². The lowest BCUT2D eigenvalue weighted by atomic mass is 10.1. The van der Waals surface area contributed by atoms with Gasteiger partial charge in [-0.25, -0.2) is 4.79 Å². The highest BCUT2D eigenvalue weighted by Gasteiger charge is 2.19. The molecule has 0 saturated heterocycles. The second kappa shape index (κ2) is 6.36. The van der Waals surface area contributed by atoms with E-state index >= 15 is 0 Å². The first-order valence-corrected chi connectivity index (χ1v) is 6.36. The van der Waals surface area contributed by atoms with Gasteiger partial charge in [-0.1, -0.05) is 30.3 Å². The first-order chi connectivity index (χ1) is 8.78. The molecule has 1 atom stereocenters. The van der Waals surface area contributed by atoms with Crippen LogP contribution in [0, 0.1) is 0 Å². The third-order valence-electron chi connectivity index (χ3n) is 2.35. The smallest absolute Gasteiger partial charge is 0.407 e. The number of nitrogens with one attached hydrogen (secondary N) is 1. The minimum absolute atomic E-state index is 0.00385. The van der Waals surface area contributed by atoms with Crippen LogP contribution in [-0.4, -0.2) is 23.5 Å². The van der Waals surface area contributed by atoms with Crippen LogP contribution in [0.5, 0.6) is 0 Å². The van der Waals surface area contributed by atoms with E-state index in [0.717, 1.165) is 0 Å². The number of amides is 1. The van der Waals surface area contributed by atoms with Gasteiger partial charge in [0.15, 0.2) is 5.78 Å². The summed E-state index contributed by atoms with van der Waals surface area (Å²) in [6.45, 7) is 7.18. The molecule has 1 aromatic carbocycles. The summed E-state index contributed by atoms with van der Waals surface area (Å²) in [5.41, 5.74) is 0.119. The predicted octanol–water partition coefficient (Wildman–Crippen LogP) is 3.17. The zero-order valence-corrected chi connectivity index (χ0v) is 11.9. The van der Waals surface area contributed by atoms with E-state index in [2.05, 4.69) is 5.32 Å². The Kier molecular flexibility index (Phi) is 5.10. The molecule has 0 aliphatic heterocycles. The standard InChI is InChI=1S/C15H21NO3/c1-11(16-14(18)19-15(2,3)4)10-13(17)12-8-6-5-7-9-12/h5-9,11H,10H2,1-4H3,(H,16,18). The molecule has 0 saturated carbocycles. The number of ketones is 1. The first-order valence-electron chi connectivity index (χ1n) is 6.36. The highest BCUT2D eigenvalue weighted by molar-refractivity contribution is 5.96. The number of hydrogen-bond acceptors (Lipinski definition) is 3. The lowest BCUT2D eigenvalue weighted by Crippen LogP contribution is -2.38. The Morgan fingerprint density at radius 1 is 1.21 bits per heavy atom. The first kappa shape index (κ1) is 15.2. The van der Waals surface area contributed by atoms with Gasteiger partial charge in [0.1, 0.15) is 5.60 Å². The van der Waals surface area contributed by atoms with E-state index in [1.165, 1.54) is 0 Å². The van der Waals surface area contributed by atoms with Gasteiger partial charge < -0.3 is 10.1 Å². The molecule has 19 heavy (non-hydrogen) atoms. The fraction of sp³-hybridized carbons (Fsp3) is 0.467. The second-order valence-electron chi connectivity index (χ2n) is 5.54. The van der Waals surface area contributed by atoms with Gasteiger partial charge in [0, 0.05) is 18.0 Å². The fourth-order valence-electron chi connectivity index (χ4n) is 1.58. The Morgan fingerprint density at radius 3 is 2.32 bits per heavy atom. The number of ether oxygens (including phenoxy) is 1.